The lowest BCUT2D eigenvalue weighted by atomic mass is 10.2. The molecule has 0 amide bonds. The summed E-state index contributed by atoms with van der Waals surface area (Å²) in [5, 5.41) is 6.35. The molecule has 1 aromatic heterocycles. The number of anilines is 1. The third-order valence-corrected chi connectivity index (χ3v) is 4.33. The fourth-order valence-electron chi connectivity index (χ4n) is 2.88. The SMILES string of the molecule is CN=C(NCc1ccc(N2CCCC2)nc1)NCc1ccccc1F.I. The molecule has 1 saturated heterocycles. The monoisotopic (exact) mass is 469 g/mol. The molecular formula is C19H25FIN5. The van der Waals surface area contributed by atoms with Crippen molar-refractivity contribution in [1.82, 2.24) is 15.6 Å². The van der Waals surface area contributed by atoms with E-state index in [1.807, 2.05) is 12.3 Å². The first-order valence-corrected chi connectivity index (χ1v) is 8.64. The first-order valence-electron chi connectivity index (χ1n) is 8.64. The van der Waals surface area contributed by atoms with Gasteiger partial charge in [-0.1, -0.05) is 24.3 Å². The van der Waals surface area contributed by atoms with E-state index in [-0.39, 0.29) is 29.8 Å². The van der Waals surface area contributed by atoms with Crippen molar-refractivity contribution in [2.75, 3.05) is 25.0 Å². The van der Waals surface area contributed by atoms with E-state index in [9.17, 15) is 4.39 Å². The van der Waals surface area contributed by atoms with Crippen LogP contribution in [-0.2, 0) is 13.1 Å². The molecule has 2 heterocycles. The Kier molecular flexibility index (Phi) is 8.08. The quantitative estimate of drug-likeness (QED) is 0.401. The predicted octanol–water partition coefficient (Wildman–Crippen LogP) is 3.30. The van der Waals surface area contributed by atoms with E-state index in [0.717, 1.165) is 24.5 Å². The number of nitrogens with one attached hydrogen (secondary N) is 2. The van der Waals surface area contributed by atoms with Crippen molar-refractivity contribution in [3.63, 3.8) is 0 Å². The van der Waals surface area contributed by atoms with Crippen LogP contribution in [0.1, 0.15) is 24.0 Å². The molecule has 5 nitrogen and oxygen atoms in total. The molecule has 2 N–H and O–H groups in total. The summed E-state index contributed by atoms with van der Waals surface area (Å²) in [5.74, 6) is 1.46. The van der Waals surface area contributed by atoms with Crippen LogP contribution in [0.25, 0.3) is 0 Å². The van der Waals surface area contributed by atoms with Gasteiger partial charge in [0.05, 0.1) is 0 Å². The van der Waals surface area contributed by atoms with Crippen molar-refractivity contribution in [2.24, 2.45) is 4.99 Å². The fraction of sp³-hybridized carbons (Fsp3) is 0.368. The van der Waals surface area contributed by atoms with Gasteiger partial charge in [-0.3, -0.25) is 4.99 Å². The molecule has 0 bridgehead atoms. The van der Waals surface area contributed by atoms with Crippen molar-refractivity contribution in [3.8, 4) is 0 Å². The number of aliphatic imine (C=N–C) groups is 1. The highest BCUT2D eigenvalue weighted by Crippen LogP contribution is 2.17. The molecule has 0 atom stereocenters. The van der Waals surface area contributed by atoms with Crippen molar-refractivity contribution in [3.05, 3.63) is 59.5 Å². The molecule has 1 fully saturated rings. The van der Waals surface area contributed by atoms with Crippen LogP contribution in [0.2, 0.25) is 0 Å². The number of pyridine rings is 1. The predicted molar refractivity (Wildman–Crippen MR) is 115 cm³/mol. The average molecular weight is 469 g/mol. The van der Waals surface area contributed by atoms with E-state index in [2.05, 4.69) is 37.6 Å². The Balaban J connectivity index is 0.00000243. The normalized spacial score (nSPS) is 14.1. The summed E-state index contributed by atoms with van der Waals surface area (Å²) in [4.78, 5) is 11.0. The molecule has 2 aromatic rings. The van der Waals surface area contributed by atoms with Gasteiger partial charge in [0.1, 0.15) is 11.6 Å². The van der Waals surface area contributed by atoms with Gasteiger partial charge in [0.2, 0.25) is 0 Å². The van der Waals surface area contributed by atoms with Crippen LogP contribution >= 0.6 is 24.0 Å². The molecule has 140 valence electrons. The van der Waals surface area contributed by atoms with Crippen LogP contribution in [0.5, 0.6) is 0 Å². The number of nitrogens with zero attached hydrogens (tertiary/aromatic N) is 3. The number of benzene rings is 1. The molecule has 0 saturated carbocycles. The minimum atomic E-state index is -0.216. The van der Waals surface area contributed by atoms with Gasteiger partial charge in [0.25, 0.3) is 0 Å². The molecule has 0 spiro atoms. The molecule has 1 aliphatic heterocycles. The topological polar surface area (TPSA) is 52.6 Å². The zero-order chi connectivity index (χ0) is 17.5. The van der Waals surface area contributed by atoms with Gasteiger partial charge in [-0.2, -0.15) is 0 Å². The standard InChI is InChI=1S/C19H24FN5.HI/c1-21-19(24-14-16-6-2-3-7-17(16)20)23-13-15-8-9-18(22-12-15)25-10-4-5-11-25;/h2-3,6-9,12H,4-5,10-11,13-14H2,1H3,(H2,21,23,24);1H. The summed E-state index contributed by atoms with van der Waals surface area (Å²) in [6.07, 6.45) is 4.38. The lowest BCUT2D eigenvalue weighted by Crippen LogP contribution is -2.36. The van der Waals surface area contributed by atoms with Crippen LogP contribution in [0.4, 0.5) is 10.2 Å². The highest BCUT2D eigenvalue weighted by Gasteiger charge is 2.13. The van der Waals surface area contributed by atoms with Crippen molar-refractivity contribution in [1.29, 1.82) is 0 Å². The van der Waals surface area contributed by atoms with E-state index in [1.165, 1.54) is 18.9 Å². The smallest absolute Gasteiger partial charge is 0.191 e. The number of rotatable bonds is 5. The first kappa shape index (κ1) is 20.4. The number of aromatic nitrogens is 1. The maximum atomic E-state index is 13.6. The molecule has 26 heavy (non-hydrogen) atoms. The molecule has 1 aromatic carbocycles. The molecule has 0 radical (unpaired) electrons. The minimum Gasteiger partial charge on any atom is -0.357 e. The van der Waals surface area contributed by atoms with Crippen molar-refractivity contribution in [2.45, 2.75) is 25.9 Å². The van der Waals surface area contributed by atoms with Gasteiger partial charge < -0.3 is 15.5 Å². The Bertz CT molecular complexity index is 714. The number of hydrogen-bond donors (Lipinski definition) is 2. The van der Waals surface area contributed by atoms with Gasteiger partial charge in [-0.15, -0.1) is 24.0 Å². The summed E-state index contributed by atoms with van der Waals surface area (Å²) >= 11 is 0. The van der Waals surface area contributed by atoms with Crippen LogP contribution < -0.4 is 15.5 Å². The average Bonchev–Trinajstić information content (AvgIpc) is 3.18. The van der Waals surface area contributed by atoms with Crippen molar-refractivity contribution >= 4 is 35.8 Å². The molecule has 1 aliphatic rings. The summed E-state index contributed by atoms with van der Waals surface area (Å²) < 4.78 is 13.6. The maximum absolute atomic E-state index is 13.6. The summed E-state index contributed by atoms with van der Waals surface area (Å²) in [7, 11) is 1.70. The van der Waals surface area contributed by atoms with E-state index in [0.29, 0.717) is 24.6 Å². The van der Waals surface area contributed by atoms with Crippen LogP contribution in [0.3, 0.4) is 0 Å². The van der Waals surface area contributed by atoms with E-state index < -0.39 is 0 Å². The second-order valence-corrected chi connectivity index (χ2v) is 6.09. The lowest BCUT2D eigenvalue weighted by molar-refractivity contribution is 0.604. The largest absolute Gasteiger partial charge is 0.357 e. The Hall–Kier alpha value is -1.90. The number of hydrogen-bond acceptors (Lipinski definition) is 3. The summed E-state index contributed by atoms with van der Waals surface area (Å²) in [6.45, 7) is 3.19. The zero-order valence-electron chi connectivity index (χ0n) is 14.9. The second-order valence-electron chi connectivity index (χ2n) is 6.09. The number of guanidine groups is 1. The van der Waals surface area contributed by atoms with Gasteiger partial charge >= 0.3 is 0 Å². The highest BCUT2D eigenvalue weighted by molar-refractivity contribution is 14.0. The Labute approximate surface area is 171 Å². The van der Waals surface area contributed by atoms with Crippen LogP contribution in [-0.4, -0.2) is 31.1 Å². The summed E-state index contributed by atoms with van der Waals surface area (Å²) in [5.41, 5.74) is 1.69. The first-order chi connectivity index (χ1) is 12.3. The number of halogens is 2. The Morgan fingerprint density at radius 2 is 1.85 bits per heavy atom. The van der Waals surface area contributed by atoms with Gasteiger partial charge in [-0.05, 0) is 30.5 Å². The van der Waals surface area contributed by atoms with E-state index >= 15 is 0 Å². The highest BCUT2D eigenvalue weighted by atomic mass is 127. The third-order valence-electron chi connectivity index (χ3n) is 4.33. The minimum absolute atomic E-state index is 0. The lowest BCUT2D eigenvalue weighted by Gasteiger charge is -2.16. The third kappa shape index (κ3) is 5.55. The Morgan fingerprint density at radius 1 is 1.12 bits per heavy atom. The molecule has 0 unspecified atom stereocenters. The van der Waals surface area contributed by atoms with Gasteiger partial charge in [-0.25, -0.2) is 9.37 Å². The molecule has 3 rings (SSSR count). The maximum Gasteiger partial charge on any atom is 0.191 e. The van der Waals surface area contributed by atoms with Crippen molar-refractivity contribution < 1.29 is 4.39 Å². The second kappa shape index (κ2) is 10.3. The zero-order valence-corrected chi connectivity index (χ0v) is 17.2. The molecular weight excluding hydrogens is 444 g/mol. The van der Waals surface area contributed by atoms with Gasteiger partial charge in [0, 0.05) is 45.0 Å². The fourth-order valence-corrected chi connectivity index (χ4v) is 2.88. The molecule has 7 heteroatoms. The molecule has 0 aliphatic carbocycles. The van der Waals surface area contributed by atoms with Crippen LogP contribution in [0.15, 0.2) is 47.6 Å². The summed E-state index contributed by atoms with van der Waals surface area (Å²) in [6, 6.07) is 10.9. The van der Waals surface area contributed by atoms with E-state index in [1.54, 1.807) is 19.2 Å². The van der Waals surface area contributed by atoms with Gasteiger partial charge in [0.15, 0.2) is 5.96 Å². The van der Waals surface area contributed by atoms with E-state index in [4.69, 9.17) is 0 Å². The van der Waals surface area contributed by atoms with Crippen LogP contribution in [0, 0.1) is 5.82 Å². The Morgan fingerprint density at radius 3 is 2.50 bits per heavy atom.